The summed E-state index contributed by atoms with van der Waals surface area (Å²) in [5.41, 5.74) is 0.811. The fourth-order valence-electron chi connectivity index (χ4n) is 3.21. The highest BCUT2D eigenvalue weighted by Crippen LogP contribution is 2.35. The Hall–Kier alpha value is -3.26. The lowest BCUT2D eigenvalue weighted by Crippen LogP contribution is -2.26. The minimum Gasteiger partial charge on any atom is -0.325 e. The lowest BCUT2D eigenvalue weighted by atomic mass is 10.1. The Morgan fingerprint density at radius 1 is 0.939 bits per heavy atom. The Kier molecular flexibility index (Phi) is 7.81. The summed E-state index contributed by atoms with van der Waals surface area (Å²) in [5.74, 6) is -0.766. The van der Waals surface area contributed by atoms with Crippen molar-refractivity contribution in [3.05, 3.63) is 89.5 Å². The van der Waals surface area contributed by atoms with Crippen molar-refractivity contribution < 1.29 is 22.8 Å². The van der Waals surface area contributed by atoms with Crippen LogP contribution in [0.5, 0.6) is 0 Å². The molecule has 33 heavy (non-hydrogen) atoms. The first-order valence-electron chi connectivity index (χ1n) is 10.3. The lowest BCUT2D eigenvalue weighted by molar-refractivity contribution is -0.137. The molecule has 0 aliphatic rings. The number of carbonyl (C=O) groups excluding carboxylic acids is 2. The van der Waals surface area contributed by atoms with Crippen LogP contribution in [-0.2, 0) is 11.0 Å². The number of benzene rings is 3. The smallest absolute Gasteiger partial charge is 0.325 e. The molecule has 4 nitrogen and oxygen atoms in total. The molecule has 172 valence electrons. The molecule has 3 aromatic carbocycles. The molecule has 0 saturated heterocycles. The van der Waals surface area contributed by atoms with Gasteiger partial charge in [0.25, 0.3) is 5.91 Å². The fraction of sp³-hybridized carbons (Fsp3) is 0.200. The molecule has 0 aromatic heterocycles. The van der Waals surface area contributed by atoms with Gasteiger partial charge in [-0.25, -0.2) is 0 Å². The highest BCUT2D eigenvalue weighted by molar-refractivity contribution is 8.00. The Morgan fingerprint density at radius 2 is 1.64 bits per heavy atom. The number of hydrogen-bond acceptors (Lipinski definition) is 3. The van der Waals surface area contributed by atoms with Crippen molar-refractivity contribution in [3.63, 3.8) is 0 Å². The number of rotatable bonds is 7. The van der Waals surface area contributed by atoms with Crippen molar-refractivity contribution in [2.75, 3.05) is 10.6 Å². The third kappa shape index (κ3) is 6.38. The number of amides is 2. The molecule has 0 aliphatic carbocycles. The minimum absolute atomic E-state index is 0.246. The summed E-state index contributed by atoms with van der Waals surface area (Å²) in [6, 6.07) is 19.1. The first-order valence-corrected chi connectivity index (χ1v) is 11.2. The predicted octanol–water partition coefficient (Wildman–Crippen LogP) is 6.78. The maximum absolute atomic E-state index is 13.2. The van der Waals surface area contributed by atoms with Crippen LogP contribution >= 0.6 is 11.8 Å². The quantitative estimate of drug-likeness (QED) is 0.373. The van der Waals surface area contributed by atoms with Crippen molar-refractivity contribution in [3.8, 4) is 0 Å². The average molecular weight is 473 g/mol. The van der Waals surface area contributed by atoms with Crippen molar-refractivity contribution in [1.29, 1.82) is 0 Å². The van der Waals surface area contributed by atoms with Gasteiger partial charge in [0.15, 0.2) is 0 Å². The summed E-state index contributed by atoms with van der Waals surface area (Å²) in [6.45, 7) is 3.64. The van der Waals surface area contributed by atoms with Gasteiger partial charge in [0.2, 0.25) is 5.91 Å². The van der Waals surface area contributed by atoms with E-state index in [9.17, 15) is 22.8 Å². The monoisotopic (exact) mass is 472 g/mol. The van der Waals surface area contributed by atoms with E-state index in [0.29, 0.717) is 22.6 Å². The topological polar surface area (TPSA) is 58.2 Å². The summed E-state index contributed by atoms with van der Waals surface area (Å²) in [5, 5.41) is 4.64. The van der Waals surface area contributed by atoms with Crippen molar-refractivity contribution in [2.24, 2.45) is 0 Å². The largest absolute Gasteiger partial charge is 0.418 e. The molecule has 0 heterocycles. The van der Waals surface area contributed by atoms with Gasteiger partial charge in [-0.2, -0.15) is 13.2 Å². The molecule has 8 heteroatoms. The normalized spacial score (nSPS) is 12.2. The van der Waals surface area contributed by atoms with Crippen molar-refractivity contribution >= 4 is 35.0 Å². The molecule has 2 N–H and O–H groups in total. The number of aryl methyl sites for hydroxylation is 1. The fourth-order valence-corrected chi connectivity index (χ4v) is 4.23. The molecule has 0 saturated carbocycles. The number of anilines is 2. The SMILES string of the molecule is CCC(Sc1cccc(NC(=O)c2ccccc2C)c1)C(=O)Nc1ccccc1C(F)(F)F. The van der Waals surface area contributed by atoms with Crippen LogP contribution in [0.4, 0.5) is 24.5 Å². The van der Waals surface area contributed by atoms with E-state index in [0.717, 1.165) is 11.6 Å². The zero-order valence-electron chi connectivity index (χ0n) is 18.1. The van der Waals surface area contributed by atoms with Crippen LogP contribution in [0.2, 0.25) is 0 Å². The van der Waals surface area contributed by atoms with Gasteiger partial charge in [0, 0.05) is 16.1 Å². The van der Waals surface area contributed by atoms with E-state index in [2.05, 4.69) is 10.6 Å². The van der Waals surface area contributed by atoms with Gasteiger partial charge in [0.05, 0.1) is 16.5 Å². The zero-order valence-corrected chi connectivity index (χ0v) is 18.9. The van der Waals surface area contributed by atoms with Crippen LogP contribution in [0.3, 0.4) is 0 Å². The van der Waals surface area contributed by atoms with E-state index in [1.807, 2.05) is 19.1 Å². The second-order valence-electron chi connectivity index (χ2n) is 7.34. The maximum atomic E-state index is 13.2. The number of alkyl halides is 3. The molecule has 1 unspecified atom stereocenters. The number of para-hydroxylation sites is 1. The van der Waals surface area contributed by atoms with Crippen LogP contribution in [0, 0.1) is 6.92 Å². The van der Waals surface area contributed by atoms with Gasteiger partial charge in [-0.3, -0.25) is 9.59 Å². The van der Waals surface area contributed by atoms with Crippen molar-refractivity contribution in [1.82, 2.24) is 0 Å². The van der Waals surface area contributed by atoms with Gasteiger partial charge in [-0.1, -0.05) is 43.3 Å². The molecule has 0 fully saturated rings. The first-order chi connectivity index (χ1) is 15.7. The summed E-state index contributed by atoms with van der Waals surface area (Å²) in [4.78, 5) is 26.0. The maximum Gasteiger partial charge on any atom is 0.418 e. The molecule has 3 rings (SSSR count). The average Bonchev–Trinajstić information content (AvgIpc) is 2.77. The zero-order chi connectivity index (χ0) is 24.0. The highest BCUT2D eigenvalue weighted by atomic mass is 32.2. The summed E-state index contributed by atoms with van der Waals surface area (Å²) in [6.07, 6.45) is -4.16. The van der Waals surface area contributed by atoms with Crippen LogP contribution in [0.1, 0.15) is 34.8 Å². The molecule has 0 bridgehead atoms. The predicted molar refractivity (Wildman–Crippen MR) is 126 cm³/mol. The van der Waals surface area contributed by atoms with Gasteiger partial charge in [-0.15, -0.1) is 11.8 Å². The van der Waals surface area contributed by atoms with Gasteiger partial charge >= 0.3 is 6.18 Å². The molecule has 0 radical (unpaired) electrons. The molecular weight excluding hydrogens is 449 g/mol. The van der Waals surface area contributed by atoms with Crippen molar-refractivity contribution in [2.45, 2.75) is 36.6 Å². The minimum atomic E-state index is -4.57. The number of carbonyl (C=O) groups is 2. The number of halogens is 3. The second-order valence-corrected chi connectivity index (χ2v) is 8.62. The molecule has 3 aromatic rings. The first kappa shape index (κ1) is 24.4. The summed E-state index contributed by atoms with van der Waals surface area (Å²) < 4.78 is 39.7. The molecule has 0 aliphatic heterocycles. The molecular formula is C25H23F3N2O2S. The number of hydrogen-bond donors (Lipinski definition) is 2. The molecule has 2 amide bonds. The Balaban J connectivity index is 1.71. The number of thioether (sulfide) groups is 1. The van der Waals surface area contributed by atoms with Crippen LogP contribution in [0.15, 0.2) is 77.7 Å². The van der Waals surface area contributed by atoms with E-state index in [1.165, 1.54) is 30.0 Å². The summed E-state index contributed by atoms with van der Waals surface area (Å²) >= 11 is 1.23. The lowest BCUT2D eigenvalue weighted by Gasteiger charge is -2.18. The van der Waals surface area contributed by atoms with E-state index in [-0.39, 0.29) is 11.6 Å². The highest BCUT2D eigenvalue weighted by Gasteiger charge is 2.34. The van der Waals surface area contributed by atoms with E-state index < -0.39 is 22.9 Å². The van der Waals surface area contributed by atoms with Gasteiger partial charge in [-0.05, 0) is 55.3 Å². The summed E-state index contributed by atoms with van der Waals surface area (Å²) in [7, 11) is 0. The Bertz CT molecular complexity index is 1150. The third-order valence-electron chi connectivity index (χ3n) is 4.91. The van der Waals surface area contributed by atoms with Gasteiger partial charge in [0.1, 0.15) is 0 Å². The van der Waals surface area contributed by atoms with Crippen LogP contribution < -0.4 is 10.6 Å². The Labute approximate surface area is 194 Å². The van der Waals surface area contributed by atoms with E-state index in [4.69, 9.17) is 0 Å². The van der Waals surface area contributed by atoms with E-state index >= 15 is 0 Å². The molecule has 0 spiro atoms. The van der Waals surface area contributed by atoms with Crippen LogP contribution in [-0.4, -0.2) is 17.1 Å². The number of nitrogens with one attached hydrogen (secondary N) is 2. The van der Waals surface area contributed by atoms with Crippen LogP contribution in [0.25, 0.3) is 0 Å². The molecule has 1 atom stereocenters. The second kappa shape index (κ2) is 10.6. The van der Waals surface area contributed by atoms with Gasteiger partial charge < -0.3 is 10.6 Å². The standard InChI is InChI=1S/C25H23F3N2O2S/c1-3-22(24(32)30-21-14-7-6-13-20(21)25(26,27)28)33-18-11-8-10-17(15-18)29-23(31)19-12-5-4-9-16(19)2/h4-15,22H,3H2,1-2H3,(H,29,31)(H,30,32). The third-order valence-corrected chi connectivity index (χ3v) is 6.27. The van der Waals surface area contributed by atoms with E-state index in [1.54, 1.807) is 43.3 Å². The Morgan fingerprint density at radius 3 is 2.33 bits per heavy atom.